The fraction of sp³-hybridized carbons (Fsp3) is 0.263. The zero-order valence-electron chi connectivity index (χ0n) is 13.6. The number of nitrogens with one attached hydrogen (secondary N) is 1. The van der Waals surface area contributed by atoms with Crippen LogP contribution in [0.4, 0.5) is 0 Å². The Morgan fingerprint density at radius 3 is 2.79 bits per heavy atom. The van der Waals surface area contributed by atoms with Gasteiger partial charge >= 0.3 is 0 Å². The number of hydrogen-bond donors (Lipinski definition) is 1. The van der Waals surface area contributed by atoms with E-state index in [1.807, 2.05) is 55.5 Å². The highest BCUT2D eigenvalue weighted by Crippen LogP contribution is 2.22. The molecule has 0 aliphatic heterocycles. The number of nitrogens with zero attached hydrogens (tertiary/aromatic N) is 1. The van der Waals surface area contributed by atoms with Gasteiger partial charge in [0.25, 0.3) is 0 Å². The van der Waals surface area contributed by atoms with E-state index in [4.69, 9.17) is 4.74 Å². The van der Waals surface area contributed by atoms with E-state index in [9.17, 15) is 4.79 Å². The molecule has 0 radical (unpaired) electrons. The molecule has 0 bridgehead atoms. The van der Waals surface area contributed by atoms with Crippen LogP contribution in [0.2, 0.25) is 0 Å². The van der Waals surface area contributed by atoms with Crippen molar-refractivity contribution in [2.45, 2.75) is 26.3 Å². The molecule has 3 rings (SSSR count). The number of aromatic nitrogens is 1. The van der Waals surface area contributed by atoms with Crippen molar-refractivity contribution in [3.63, 3.8) is 0 Å². The first-order valence-corrected chi connectivity index (χ1v) is 8.89. The topological polar surface area (TPSA) is 51.2 Å². The Labute approximate surface area is 145 Å². The molecular weight excluding hydrogens is 320 g/mol. The van der Waals surface area contributed by atoms with E-state index in [2.05, 4.69) is 10.3 Å². The summed E-state index contributed by atoms with van der Waals surface area (Å²) in [6.45, 7) is 3.06. The second-order valence-electron chi connectivity index (χ2n) is 5.39. The van der Waals surface area contributed by atoms with Gasteiger partial charge < -0.3 is 10.1 Å². The number of carbonyl (C=O) groups excluding carboxylic acids is 1. The first kappa shape index (κ1) is 16.5. The summed E-state index contributed by atoms with van der Waals surface area (Å²) < 4.78 is 6.74. The molecule has 124 valence electrons. The van der Waals surface area contributed by atoms with Gasteiger partial charge in [0.1, 0.15) is 10.8 Å². The van der Waals surface area contributed by atoms with Crippen LogP contribution in [0.25, 0.3) is 10.2 Å². The number of thiazole rings is 1. The third-order valence-corrected chi connectivity index (χ3v) is 4.71. The van der Waals surface area contributed by atoms with E-state index in [0.717, 1.165) is 26.5 Å². The van der Waals surface area contributed by atoms with E-state index >= 15 is 0 Å². The monoisotopic (exact) mass is 340 g/mol. The SMILES string of the molecule is CCOc1ccccc1CCC(=O)NCc1nc2ccccc2s1. The van der Waals surface area contributed by atoms with Crippen molar-refractivity contribution >= 4 is 27.5 Å². The number of amides is 1. The molecule has 2 aromatic carbocycles. The van der Waals surface area contributed by atoms with Gasteiger partial charge in [-0.05, 0) is 37.1 Å². The van der Waals surface area contributed by atoms with E-state index in [1.165, 1.54) is 0 Å². The molecule has 0 atom stereocenters. The summed E-state index contributed by atoms with van der Waals surface area (Å²) in [4.78, 5) is 16.6. The standard InChI is InChI=1S/C19H20N2O2S/c1-2-23-16-9-5-3-7-14(16)11-12-18(22)20-13-19-21-15-8-4-6-10-17(15)24-19/h3-10H,2,11-13H2,1H3,(H,20,22). The predicted molar refractivity (Wildman–Crippen MR) is 97.4 cm³/mol. The van der Waals surface area contributed by atoms with Crippen LogP contribution >= 0.6 is 11.3 Å². The average Bonchev–Trinajstić information content (AvgIpc) is 3.02. The van der Waals surface area contributed by atoms with Crippen molar-refractivity contribution in [2.24, 2.45) is 0 Å². The Morgan fingerprint density at radius 1 is 1.17 bits per heavy atom. The van der Waals surface area contributed by atoms with Crippen LogP contribution in [-0.4, -0.2) is 17.5 Å². The van der Waals surface area contributed by atoms with Gasteiger partial charge in [0.2, 0.25) is 5.91 Å². The number of aryl methyl sites for hydroxylation is 1. The smallest absolute Gasteiger partial charge is 0.220 e. The van der Waals surface area contributed by atoms with Crippen LogP contribution in [0.3, 0.4) is 0 Å². The summed E-state index contributed by atoms with van der Waals surface area (Å²) in [5, 5.41) is 3.88. The van der Waals surface area contributed by atoms with Crippen LogP contribution in [-0.2, 0) is 17.8 Å². The molecule has 3 aromatic rings. The minimum Gasteiger partial charge on any atom is -0.494 e. The van der Waals surface area contributed by atoms with Crippen LogP contribution < -0.4 is 10.1 Å². The highest BCUT2D eigenvalue weighted by atomic mass is 32.1. The molecule has 1 amide bonds. The molecule has 1 heterocycles. The molecular formula is C19H20N2O2S. The maximum Gasteiger partial charge on any atom is 0.220 e. The summed E-state index contributed by atoms with van der Waals surface area (Å²) in [7, 11) is 0. The third-order valence-electron chi connectivity index (χ3n) is 3.67. The number of rotatable bonds is 7. The Bertz CT molecular complexity index is 796. The molecule has 24 heavy (non-hydrogen) atoms. The quantitative estimate of drug-likeness (QED) is 0.709. The van der Waals surface area contributed by atoms with Crippen LogP contribution in [0.5, 0.6) is 5.75 Å². The normalized spacial score (nSPS) is 10.7. The molecule has 4 nitrogen and oxygen atoms in total. The van der Waals surface area contributed by atoms with Gasteiger partial charge in [0, 0.05) is 6.42 Å². The van der Waals surface area contributed by atoms with E-state index in [-0.39, 0.29) is 5.91 Å². The van der Waals surface area contributed by atoms with Crippen molar-refractivity contribution in [3.05, 3.63) is 59.1 Å². The highest BCUT2D eigenvalue weighted by molar-refractivity contribution is 7.18. The molecule has 0 aliphatic carbocycles. The van der Waals surface area contributed by atoms with Gasteiger partial charge in [-0.15, -0.1) is 11.3 Å². The number of para-hydroxylation sites is 2. The lowest BCUT2D eigenvalue weighted by Crippen LogP contribution is -2.23. The van der Waals surface area contributed by atoms with Gasteiger partial charge in [-0.2, -0.15) is 0 Å². The maximum atomic E-state index is 12.1. The Balaban J connectivity index is 1.52. The number of ether oxygens (including phenoxy) is 1. The second kappa shape index (κ2) is 7.93. The summed E-state index contributed by atoms with van der Waals surface area (Å²) in [5.74, 6) is 0.888. The summed E-state index contributed by atoms with van der Waals surface area (Å²) in [5.41, 5.74) is 2.05. The largest absolute Gasteiger partial charge is 0.494 e. The summed E-state index contributed by atoms with van der Waals surface area (Å²) in [6, 6.07) is 15.9. The van der Waals surface area contributed by atoms with Crippen molar-refractivity contribution in [1.29, 1.82) is 0 Å². The molecule has 1 aromatic heterocycles. The molecule has 1 N–H and O–H groups in total. The average molecular weight is 340 g/mol. The van der Waals surface area contributed by atoms with Crippen LogP contribution in [0.1, 0.15) is 23.9 Å². The lowest BCUT2D eigenvalue weighted by Gasteiger charge is -2.09. The van der Waals surface area contributed by atoms with Gasteiger partial charge in [-0.1, -0.05) is 30.3 Å². The zero-order valence-corrected chi connectivity index (χ0v) is 14.4. The Hall–Kier alpha value is -2.40. The molecule has 5 heteroatoms. The van der Waals surface area contributed by atoms with Crippen LogP contribution in [0.15, 0.2) is 48.5 Å². The molecule has 0 unspecified atom stereocenters. The number of fused-ring (bicyclic) bond motifs is 1. The number of benzene rings is 2. The number of carbonyl (C=O) groups is 1. The minimum absolute atomic E-state index is 0.0283. The van der Waals surface area contributed by atoms with Crippen LogP contribution in [0, 0.1) is 0 Å². The maximum absolute atomic E-state index is 12.1. The first-order valence-electron chi connectivity index (χ1n) is 8.08. The number of hydrogen-bond acceptors (Lipinski definition) is 4. The summed E-state index contributed by atoms with van der Waals surface area (Å²) >= 11 is 1.62. The van der Waals surface area contributed by atoms with Gasteiger partial charge in [0.05, 0.1) is 23.4 Å². The minimum atomic E-state index is 0.0283. The second-order valence-corrected chi connectivity index (χ2v) is 6.51. The molecule has 0 fully saturated rings. The molecule has 0 saturated carbocycles. The first-order chi connectivity index (χ1) is 11.8. The van der Waals surface area contributed by atoms with Gasteiger partial charge in [-0.3, -0.25) is 4.79 Å². The van der Waals surface area contributed by atoms with E-state index in [1.54, 1.807) is 11.3 Å². The molecule has 0 spiro atoms. The Morgan fingerprint density at radius 2 is 1.96 bits per heavy atom. The third kappa shape index (κ3) is 4.11. The van der Waals surface area contributed by atoms with Crippen molar-refractivity contribution in [2.75, 3.05) is 6.61 Å². The Kier molecular flexibility index (Phi) is 5.43. The lowest BCUT2D eigenvalue weighted by atomic mass is 10.1. The van der Waals surface area contributed by atoms with Crippen molar-refractivity contribution in [1.82, 2.24) is 10.3 Å². The van der Waals surface area contributed by atoms with Crippen molar-refractivity contribution in [3.8, 4) is 5.75 Å². The van der Waals surface area contributed by atoms with Gasteiger partial charge in [-0.25, -0.2) is 4.98 Å². The predicted octanol–water partition coefficient (Wildman–Crippen LogP) is 3.94. The van der Waals surface area contributed by atoms with E-state index in [0.29, 0.717) is 26.0 Å². The van der Waals surface area contributed by atoms with Crippen molar-refractivity contribution < 1.29 is 9.53 Å². The fourth-order valence-electron chi connectivity index (χ4n) is 2.51. The molecule has 0 saturated heterocycles. The van der Waals surface area contributed by atoms with Gasteiger partial charge in [0.15, 0.2) is 0 Å². The lowest BCUT2D eigenvalue weighted by molar-refractivity contribution is -0.121. The van der Waals surface area contributed by atoms with E-state index < -0.39 is 0 Å². The molecule has 0 aliphatic rings. The fourth-order valence-corrected chi connectivity index (χ4v) is 3.42. The highest BCUT2D eigenvalue weighted by Gasteiger charge is 2.08. The summed E-state index contributed by atoms with van der Waals surface area (Å²) in [6.07, 6.45) is 1.11. The zero-order chi connectivity index (χ0) is 16.8.